The minimum Gasteiger partial charge on any atom is -0.349 e. The first-order chi connectivity index (χ1) is 10.2. The summed E-state index contributed by atoms with van der Waals surface area (Å²) < 4.78 is 2.35. The van der Waals surface area contributed by atoms with E-state index in [1.54, 1.807) is 0 Å². The number of aryl methyl sites for hydroxylation is 1. The van der Waals surface area contributed by atoms with E-state index >= 15 is 0 Å². The number of nitrogens with one attached hydrogen (secondary N) is 1. The van der Waals surface area contributed by atoms with Gasteiger partial charge in [0, 0.05) is 24.6 Å². The second-order valence-corrected chi connectivity index (χ2v) is 6.06. The summed E-state index contributed by atoms with van der Waals surface area (Å²) in [5.41, 5.74) is 2.27. The van der Waals surface area contributed by atoms with Gasteiger partial charge in [0.15, 0.2) is 0 Å². The molecular weight excluding hydrogens is 260 g/mol. The highest BCUT2D eigenvalue weighted by Crippen LogP contribution is 2.31. The van der Waals surface area contributed by atoms with Gasteiger partial charge in [0.25, 0.3) is 0 Å². The van der Waals surface area contributed by atoms with E-state index in [1.807, 2.05) is 18.5 Å². The summed E-state index contributed by atoms with van der Waals surface area (Å²) in [4.78, 5) is 8.88. The zero-order chi connectivity index (χ0) is 14.7. The average Bonchev–Trinajstić information content (AvgIpc) is 2.89. The second-order valence-electron chi connectivity index (χ2n) is 6.06. The standard InChI is InChI=1S/C17H24N4/c1-13-12-21(16-8-4-3-5-9-16)17(19-13)20-14(2)15-7-6-10-18-11-15/h6-7,10-12,14,16H,3-5,8-9H2,1-2H3,(H,19,20). The molecule has 112 valence electrons. The van der Waals surface area contributed by atoms with Gasteiger partial charge >= 0.3 is 0 Å². The topological polar surface area (TPSA) is 42.7 Å². The molecular formula is C17H24N4. The number of nitrogens with zero attached hydrogens (tertiary/aromatic N) is 3. The molecule has 1 aliphatic carbocycles. The molecule has 1 fully saturated rings. The molecule has 0 saturated heterocycles. The van der Waals surface area contributed by atoms with E-state index < -0.39 is 0 Å². The Morgan fingerprint density at radius 2 is 2.10 bits per heavy atom. The molecule has 2 aromatic rings. The lowest BCUT2D eigenvalue weighted by atomic mass is 9.95. The molecule has 1 unspecified atom stereocenters. The first kappa shape index (κ1) is 14.1. The van der Waals surface area contributed by atoms with E-state index in [9.17, 15) is 0 Å². The van der Waals surface area contributed by atoms with Crippen molar-refractivity contribution in [3.8, 4) is 0 Å². The molecule has 0 amide bonds. The molecule has 1 saturated carbocycles. The predicted octanol–water partition coefficient (Wildman–Crippen LogP) is 4.26. The molecule has 3 rings (SSSR count). The maximum atomic E-state index is 4.68. The molecule has 0 spiro atoms. The van der Waals surface area contributed by atoms with Crippen LogP contribution in [0, 0.1) is 6.92 Å². The van der Waals surface area contributed by atoms with Crippen LogP contribution in [0.1, 0.15) is 62.4 Å². The lowest BCUT2D eigenvalue weighted by Gasteiger charge is -2.26. The van der Waals surface area contributed by atoms with Crippen LogP contribution in [0.4, 0.5) is 5.95 Å². The summed E-state index contributed by atoms with van der Waals surface area (Å²) in [5, 5.41) is 3.56. The maximum absolute atomic E-state index is 4.68. The molecule has 1 atom stereocenters. The minimum absolute atomic E-state index is 0.211. The van der Waals surface area contributed by atoms with Gasteiger partial charge in [-0.05, 0) is 38.3 Å². The van der Waals surface area contributed by atoms with Crippen LogP contribution < -0.4 is 5.32 Å². The fraction of sp³-hybridized carbons (Fsp3) is 0.529. The Morgan fingerprint density at radius 1 is 1.29 bits per heavy atom. The molecule has 1 N–H and O–H groups in total. The van der Waals surface area contributed by atoms with Crippen LogP contribution in [0.15, 0.2) is 30.7 Å². The van der Waals surface area contributed by atoms with Gasteiger partial charge in [0.05, 0.1) is 11.7 Å². The fourth-order valence-corrected chi connectivity index (χ4v) is 3.17. The van der Waals surface area contributed by atoms with E-state index in [-0.39, 0.29) is 6.04 Å². The van der Waals surface area contributed by atoms with Gasteiger partial charge in [-0.25, -0.2) is 4.98 Å². The number of rotatable bonds is 4. The molecule has 0 bridgehead atoms. The van der Waals surface area contributed by atoms with Gasteiger partial charge < -0.3 is 9.88 Å². The third-order valence-corrected chi connectivity index (χ3v) is 4.35. The Morgan fingerprint density at radius 3 is 2.81 bits per heavy atom. The Kier molecular flexibility index (Phi) is 4.23. The van der Waals surface area contributed by atoms with Crippen molar-refractivity contribution in [3.63, 3.8) is 0 Å². The minimum atomic E-state index is 0.211. The van der Waals surface area contributed by atoms with E-state index in [2.05, 4.69) is 46.0 Å². The van der Waals surface area contributed by atoms with Gasteiger partial charge in [0.2, 0.25) is 5.95 Å². The number of anilines is 1. The summed E-state index contributed by atoms with van der Waals surface area (Å²) in [5.74, 6) is 0.996. The monoisotopic (exact) mass is 284 g/mol. The smallest absolute Gasteiger partial charge is 0.203 e. The first-order valence-electron chi connectivity index (χ1n) is 7.96. The van der Waals surface area contributed by atoms with Gasteiger partial charge in [0.1, 0.15) is 0 Å². The quantitative estimate of drug-likeness (QED) is 0.912. The van der Waals surface area contributed by atoms with Crippen LogP contribution >= 0.6 is 0 Å². The lowest BCUT2D eigenvalue weighted by molar-refractivity contribution is 0.355. The summed E-state index contributed by atoms with van der Waals surface area (Å²) >= 11 is 0. The molecule has 1 aliphatic rings. The average molecular weight is 284 g/mol. The van der Waals surface area contributed by atoms with Crippen LogP contribution in [0.2, 0.25) is 0 Å². The molecule has 0 aromatic carbocycles. The number of hydrogen-bond donors (Lipinski definition) is 1. The Balaban J connectivity index is 1.78. The number of imidazole rings is 1. The molecule has 0 aliphatic heterocycles. The van der Waals surface area contributed by atoms with Crippen molar-refractivity contribution >= 4 is 5.95 Å². The van der Waals surface area contributed by atoms with Crippen molar-refractivity contribution in [2.75, 3.05) is 5.32 Å². The summed E-state index contributed by atoms with van der Waals surface area (Å²) in [6.45, 7) is 4.23. The van der Waals surface area contributed by atoms with Crippen LogP contribution in [-0.4, -0.2) is 14.5 Å². The van der Waals surface area contributed by atoms with Crippen molar-refractivity contribution in [1.29, 1.82) is 0 Å². The number of pyridine rings is 1. The fourth-order valence-electron chi connectivity index (χ4n) is 3.17. The maximum Gasteiger partial charge on any atom is 0.203 e. The van der Waals surface area contributed by atoms with Crippen molar-refractivity contribution in [2.24, 2.45) is 0 Å². The van der Waals surface area contributed by atoms with Crippen molar-refractivity contribution < 1.29 is 0 Å². The van der Waals surface area contributed by atoms with Crippen molar-refractivity contribution in [2.45, 2.75) is 58.0 Å². The molecule has 4 nitrogen and oxygen atoms in total. The molecule has 21 heavy (non-hydrogen) atoms. The highest BCUT2D eigenvalue weighted by molar-refractivity contribution is 5.34. The van der Waals surface area contributed by atoms with Gasteiger partial charge in [-0.1, -0.05) is 25.3 Å². The van der Waals surface area contributed by atoms with Crippen molar-refractivity contribution in [1.82, 2.24) is 14.5 Å². The highest BCUT2D eigenvalue weighted by Gasteiger charge is 2.19. The lowest BCUT2D eigenvalue weighted by Crippen LogP contribution is -2.17. The van der Waals surface area contributed by atoms with Crippen LogP contribution in [0.3, 0.4) is 0 Å². The van der Waals surface area contributed by atoms with E-state index in [4.69, 9.17) is 0 Å². The zero-order valence-electron chi connectivity index (χ0n) is 12.9. The highest BCUT2D eigenvalue weighted by atomic mass is 15.2. The van der Waals surface area contributed by atoms with Crippen molar-refractivity contribution in [3.05, 3.63) is 42.0 Å². The first-order valence-corrected chi connectivity index (χ1v) is 7.96. The number of aromatic nitrogens is 3. The third-order valence-electron chi connectivity index (χ3n) is 4.35. The third kappa shape index (κ3) is 3.26. The van der Waals surface area contributed by atoms with E-state index in [1.165, 1.54) is 37.7 Å². The number of hydrogen-bond acceptors (Lipinski definition) is 3. The van der Waals surface area contributed by atoms with E-state index in [0.717, 1.165) is 11.6 Å². The Labute approximate surface area is 126 Å². The summed E-state index contributed by atoms with van der Waals surface area (Å²) in [6, 6.07) is 4.89. The predicted molar refractivity (Wildman–Crippen MR) is 85.4 cm³/mol. The molecule has 2 heterocycles. The van der Waals surface area contributed by atoms with Gasteiger partial charge in [-0.15, -0.1) is 0 Å². The van der Waals surface area contributed by atoms with E-state index in [0.29, 0.717) is 6.04 Å². The molecule has 2 aromatic heterocycles. The molecule has 4 heteroatoms. The normalized spacial score (nSPS) is 17.6. The SMILES string of the molecule is Cc1cn(C2CCCCC2)c(NC(C)c2cccnc2)n1. The van der Waals surface area contributed by atoms with Crippen LogP contribution in [-0.2, 0) is 0 Å². The van der Waals surface area contributed by atoms with Gasteiger partial charge in [-0.3, -0.25) is 4.98 Å². The largest absolute Gasteiger partial charge is 0.349 e. The summed E-state index contributed by atoms with van der Waals surface area (Å²) in [6.07, 6.45) is 12.5. The summed E-state index contributed by atoms with van der Waals surface area (Å²) in [7, 11) is 0. The Hall–Kier alpha value is -1.84. The van der Waals surface area contributed by atoms with Crippen LogP contribution in [0.5, 0.6) is 0 Å². The second kappa shape index (κ2) is 6.29. The molecule has 0 radical (unpaired) electrons. The Bertz CT molecular complexity index is 570. The van der Waals surface area contributed by atoms with Crippen LogP contribution in [0.25, 0.3) is 0 Å². The zero-order valence-corrected chi connectivity index (χ0v) is 12.9. The van der Waals surface area contributed by atoms with Gasteiger partial charge in [-0.2, -0.15) is 0 Å².